The van der Waals surface area contributed by atoms with Gasteiger partial charge in [-0.3, -0.25) is 0 Å². The number of rotatable bonds is 5. The summed E-state index contributed by atoms with van der Waals surface area (Å²) in [5.41, 5.74) is 1.34. The molecule has 3 aromatic carbocycles. The van der Waals surface area contributed by atoms with Gasteiger partial charge >= 0.3 is 12.4 Å². The maximum Gasteiger partial charge on any atom is 0.416 e. The minimum Gasteiger partial charge on any atom is -0.382 e. The highest BCUT2D eigenvalue weighted by Crippen LogP contribution is 2.43. The van der Waals surface area contributed by atoms with E-state index in [0.717, 1.165) is 17.7 Å². The molecule has 0 saturated heterocycles. The lowest BCUT2D eigenvalue weighted by Crippen LogP contribution is -2.49. The fourth-order valence-electron chi connectivity index (χ4n) is 4.22. The van der Waals surface area contributed by atoms with Crippen molar-refractivity contribution in [2.24, 2.45) is 0 Å². The number of hydrogen-bond acceptors (Lipinski definition) is 3. The summed E-state index contributed by atoms with van der Waals surface area (Å²) in [6.07, 6.45) is -12.1. The van der Waals surface area contributed by atoms with E-state index in [9.17, 15) is 31.4 Å². The molecule has 0 radical (unpaired) electrons. The van der Waals surface area contributed by atoms with Crippen LogP contribution in [0.4, 0.5) is 37.7 Å². The topological polar surface area (TPSA) is 26.7 Å². The molecule has 1 aliphatic heterocycles. The van der Waals surface area contributed by atoms with Gasteiger partial charge < -0.3 is 14.9 Å². The largest absolute Gasteiger partial charge is 0.416 e. The summed E-state index contributed by atoms with van der Waals surface area (Å²) in [4.78, 5) is 3.29. The molecule has 34 heavy (non-hydrogen) atoms. The van der Waals surface area contributed by atoms with Gasteiger partial charge in [0, 0.05) is 13.1 Å². The average molecular weight is 480 g/mol. The Hall–Kier alpha value is -3.20. The Morgan fingerprint density at radius 1 is 0.824 bits per heavy atom. The van der Waals surface area contributed by atoms with E-state index in [-0.39, 0.29) is 12.1 Å². The first-order valence-electron chi connectivity index (χ1n) is 10.6. The van der Waals surface area contributed by atoms with Crippen LogP contribution in [0, 0.1) is 0 Å². The zero-order valence-electron chi connectivity index (χ0n) is 17.9. The van der Waals surface area contributed by atoms with Gasteiger partial charge in [-0.25, -0.2) is 0 Å². The van der Waals surface area contributed by atoms with Crippen LogP contribution >= 0.6 is 0 Å². The van der Waals surface area contributed by atoms with Gasteiger partial charge in [0.1, 0.15) is 0 Å². The molecule has 1 N–H and O–H groups in total. The maximum atomic E-state index is 13.4. The lowest BCUT2D eigenvalue weighted by atomic mass is 9.96. The van der Waals surface area contributed by atoms with Crippen LogP contribution in [0.2, 0.25) is 0 Å². The van der Waals surface area contributed by atoms with Crippen LogP contribution in [0.15, 0.2) is 78.9 Å². The maximum absolute atomic E-state index is 13.4. The molecule has 0 saturated carbocycles. The molecular weight excluding hydrogens is 458 g/mol. The zero-order chi connectivity index (χ0) is 24.5. The van der Waals surface area contributed by atoms with Crippen LogP contribution in [0.1, 0.15) is 22.7 Å². The first-order valence-corrected chi connectivity index (χ1v) is 10.6. The van der Waals surface area contributed by atoms with Gasteiger partial charge in [-0.1, -0.05) is 54.6 Å². The van der Waals surface area contributed by atoms with E-state index in [2.05, 4.69) is 0 Å². The van der Waals surface area contributed by atoms with Gasteiger partial charge in [-0.15, -0.1) is 0 Å². The summed E-state index contributed by atoms with van der Waals surface area (Å²) in [6, 6.07) is 19.9. The summed E-state index contributed by atoms with van der Waals surface area (Å²) in [7, 11) is 0. The Morgan fingerprint density at radius 2 is 1.47 bits per heavy atom. The Kier molecular flexibility index (Phi) is 6.49. The molecule has 9 heteroatoms. The number of hydrogen-bond donors (Lipinski definition) is 1. The van der Waals surface area contributed by atoms with E-state index in [1.807, 2.05) is 35.2 Å². The average Bonchev–Trinajstić information content (AvgIpc) is 2.80. The summed E-state index contributed by atoms with van der Waals surface area (Å²) in [5, 5.41) is 9.85. The van der Waals surface area contributed by atoms with Crippen molar-refractivity contribution in [1.29, 1.82) is 0 Å². The number of alkyl halides is 6. The number of nitrogens with zero attached hydrogens (tertiary/aromatic N) is 2. The second-order valence-electron chi connectivity index (χ2n) is 8.20. The smallest absolute Gasteiger partial charge is 0.382 e. The van der Waals surface area contributed by atoms with Gasteiger partial charge in [-0.05, 0) is 35.4 Å². The minimum absolute atomic E-state index is 0.137. The van der Waals surface area contributed by atoms with Gasteiger partial charge in [-0.2, -0.15) is 26.3 Å². The fourth-order valence-corrected chi connectivity index (χ4v) is 4.22. The highest BCUT2D eigenvalue weighted by atomic mass is 19.4. The fraction of sp³-hybridized carbons (Fsp3) is 0.280. The van der Waals surface area contributed by atoms with Crippen molar-refractivity contribution in [3.63, 3.8) is 0 Å². The van der Waals surface area contributed by atoms with Crippen LogP contribution in [-0.4, -0.2) is 30.5 Å². The van der Waals surface area contributed by atoms with E-state index in [1.54, 1.807) is 24.3 Å². The molecule has 1 heterocycles. The van der Waals surface area contributed by atoms with Crippen molar-refractivity contribution in [2.75, 3.05) is 22.9 Å². The molecule has 1 aliphatic rings. The van der Waals surface area contributed by atoms with Gasteiger partial charge in [0.05, 0.1) is 29.5 Å². The Bertz CT molecular complexity index is 1120. The van der Waals surface area contributed by atoms with Crippen molar-refractivity contribution in [3.8, 4) is 0 Å². The van der Waals surface area contributed by atoms with Gasteiger partial charge in [0.25, 0.3) is 0 Å². The summed E-state index contributed by atoms with van der Waals surface area (Å²) >= 11 is 0. The minimum atomic E-state index is -4.87. The predicted molar refractivity (Wildman–Crippen MR) is 118 cm³/mol. The van der Waals surface area contributed by atoms with Crippen molar-refractivity contribution >= 4 is 11.4 Å². The Morgan fingerprint density at radius 3 is 2.12 bits per heavy atom. The third-order valence-electron chi connectivity index (χ3n) is 5.86. The monoisotopic (exact) mass is 480 g/mol. The van der Waals surface area contributed by atoms with Crippen LogP contribution in [0.3, 0.4) is 0 Å². The van der Waals surface area contributed by atoms with E-state index in [4.69, 9.17) is 0 Å². The van der Waals surface area contributed by atoms with E-state index < -0.39 is 36.6 Å². The third kappa shape index (κ3) is 5.14. The summed E-state index contributed by atoms with van der Waals surface area (Å²) in [6.45, 7) is -0.249. The third-order valence-corrected chi connectivity index (χ3v) is 5.86. The lowest BCUT2D eigenvalue weighted by molar-refractivity contribution is -0.200. The Labute approximate surface area is 192 Å². The Balaban J connectivity index is 1.79. The van der Waals surface area contributed by atoms with Crippen LogP contribution < -0.4 is 9.80 Å². The molecule has 3 aromatic rings. The second-order valence-corrected chi connectivity index (χ2v) is 8.20. The predicted octanol–water partition coefficient (Wildman–Crippen LogP) is 6.20. The molecule has 0 bridgehead atoms. The molecule has 1 unspecified atom stereocenters. The molecular formula is C25H22F6N2O. The number of halogens is 6. The van der Waals surface area contributed by atoms with E-state index >= 15 is 0 Å². The number of fused-ring (bicyclic) bond motifs is 1. The highest BCUT2D eigenvalue weighted by Gasteiger charge is 2.42. The highest BCUT2D eigenvalue weighted by molar-refractivity contribution is 5.74. The van der Waals surface area contributed by atoms with Crippen LogP contribution in [0.25, 0.3) is 0 Å². The van der Waals surface area contributed by atoms with E-state index in [1.165, 1.54) is 17.0 Å². The second kappa shape index (κ2) is 9.21. The normalized spacial score (nSPS) is 17.4. The molecule has 0 spiro atoms. The number of aliphatic hydroxyl groups excluding tert-OH is 1. The van der Waals surface area contributed by atoms with Crippen molar-refractivity contribution < 1.29 is 31.4 Å². The van der Waals surface area contributed by atoms with Gasteiger partial charge in [0.2, 0.25) is 0 Å². The number of anilines is 2. The molecule has 0 fully saturated rings. The number of aliphatic hydroxyl groups is 1. The SMILES string of the molecule is O[C@H](CN1c2ccccc2N(Cc2ccccc2)CC1c1cccc(C(F)(F)F)c1)C(F)(F)F. The van der Waals surface area contributed by atoms with Gasteiger partial charge in [0.15, 0.2) is 6.10 Å². The standard InChI is InChI=1S/C25H22F6N2O/c26-24(27,28)19-10-6-9-18(13-19)22-15-32(14-17-7-2-1-3-8-17)20-11-4-5-12-21(20)33(22)16-23(34)25(29,30)31/h1-13,22-23,34H,14-16H2/t22?,23-/m1/s1. The first-order chi connectivity index (χ1) is 16.0. The number of para-hydroxylation sites is 2. The van der Waals surface area contributed by atoms with Crippen LogP contribution in [-0.2, 0) is 12.7 Å². The molecule has 3 nitrogen and oxygen atoms in total. The quantitative estimate of drug-likeness (QED) is 0.441. The van der Waals surface area contributed by atoms with Crippen molar-refractivity contribution in [2.45, 2.75) is 31.0 Å². The number of β-amino-alcohol motifs (C(OH)–C–C–N with tert-alkyl or cyclic N) is 1. The van der Waals surface area contributed by atoms with Crippen LogP contribution in [0.5, 0.6) is 0 Å². The molecule has 4 rings (SSSR count). The first kappa shape index (κ1) is 23.9. The lowest BCUT2D eigenvalue weighted by Gasteiger charge is -2.46. The van der Waals surface area contributed by atoms with Crippen molar-refractivity contribution in [3.05, 3.63) is 95.6 Å². The molecule has 0 aromatic heterocycles. The molecule has 2 atom stereocenters. The zero-order valence-corrected chi connectivity index (χ0v) is 17.9. The van der Waals surface area contributed by atoms with E-state index in [0.29, 0.717) is 17.9 Å². The summed E-state index contributed by atoms with van der Waals surface area (Å²) in [5.74, 6) is 0. The molecule has 0 aliphatic carbocycles. The molecule has 180 valence electrons. The number of benzene rings is 3. The summed E-state index contributed by atoms with van der Waals surface area (Å²) < 4.78 is 79.9. The molecule has 0 amide bonds. The van der Waals surface area contributed by atoms with Crippen molar-refractivity contribution in [1.82, 2.24) is 0 Å².